The van der Waals surface area contributed by atoms with Crippen molar-refractivity contribution in [3.8, 4) is 34.0 Å². The molecule has 2 saturated heterocycles. The highest BCUT2D eigenvalue weighted by molar-refractivity contribution is 6.32. The molecule has 0 bridgehead atoms. The third-order valence-electron chi connectivity index (χ3n) is 10.3. The number of rotatable bonds is 13. The molecule has 0 spiro atoms. The quantitative estimate of drug-likeness (QED) is 0.119. The number of aliphatic hydroxyl groups excluding tert-OH is 2. The van der Waals surface area contributed by atoms with Crippen molar-refractivity contribution in [2.24, 2.45) is 0 Å². The van der Waals surface area contributed by atoms with Crippen LogP contribution in [0.4, 0.5) is 5.69 Å². The highest BCUT2D eigenvalue weighted by atomic mass is 35.5. The molecule has 2 atom stereocenters. The average molecular weight is 735 g/mol. The zero-order valence-electron chi connectivity index (χ0n) is 30.6. The minimum atomic E-state index is -0.320. The van der Waals surface area contributed by atoms with E-state index in [1.165, 1.54) is 0 Å². The molecule has 0 radical (unpaired) electrons. The lowest BCUT2D eigenvalue weighted by atomic mass is 9.91. The molecule has 276 valence electrons. The Morgan fingerprint density at radius 1 is 0.736 bits per heavy atom. The summed E-state index contributed by atoms with van der Waals surface area (Å²) in [5.74, 6) is 1.91. The molecule has 11 heteroatoms. The van der Waals surface area contributed by atoms with Crippen LogP contribution < -0.4 is 14.8 Å². The van der Waals surface area contributed by atoms with Crippen LogP contribution in [0.5, 0.6) is 11.5 Å². The molecule has 7 rings (SSSR count). The molecular formula is C42H47ClN6O4. The molecule has 0 aliphatic carbocycles. The lowest BCUT2D eigenvalue weighted by Crippen LogP contribution is -2.22. The van der Waals surface area contributed by atoms with Gasteiger partial charge in [0.2, 0.25) is 0 Å². The Hall–Kier alpha value is -4.58. The van der Waals surface area contributed by atoms with E-state index < -0.39 is 0 Å². The van der Waals surface area contributed by atoms with E-state index in [4.69, 9.17) is 31.0 Å². The Morgan fingerprint density at radius 3 is 2.09 bits per heavy atom. The van der Waals surface area contributed by atoms with Crippen LogP contribution in [-0.2, 0) is 26.3 Å². The fourth-order valence-electron chi connectivity index (χ4n) is 7.25. The van der Waals surface area contributed by atoms with Gasteiger partial charge in [0.25, 0.3) is 0 Å². The molecule has 0 saturated carbocycles. The summed E-state index contributed by atoms with van der Waals surface area (Å²) < 4.78 is 12.8. The van der Waals surface area contributed by atoms with Gasteiger partial charge in [-0.05, 0) is 66.6 Å². The van der Waals surface area contributed by atoms with Crippen LogP contribution in [0.15, 0.2) is 79.4 Å². The molecule has 53 heavy (non-hydrogen) atoms. The number of aromatic nitrogens is 3. The van der Waals surface area contributed by atoms with E-state index >= 15 is 0 Å². The third kappa shape index (κ3) is 8.80. The van der Waals surface area contributed by atoms with Crippen LogP contribution in [0.25, 0.3) is 22.5 Å². The van der Waals surface area contributed by atoms with Crippen LogP contribution in [0.1, 0.15) is 46.2 Å². The Morgan fingerprint density at radius 2 is 1.40 bits per heavy atom. The van der Waals surface area contributed by atoms with Gasteiger partial charge >= 0.3 is 0 Å². The molecular weight excluding hydrogens is 688 g/mol. The second kappa shape index (κ2) is 16.6. The van der Waals surface area contributed by atoms with E-state index in [9.17, 15) is 10.2 Å². The van der Waals surface area contributed by atoms with Gasteiger partial charge in [0.05, 0.1) is 22.9 Å². The van der Waals surface area contributed by atoms with Crippen LogP contribution in [0.2, 0.25) is 5.02 Å². The summed E-state index contributed by atoms with van der Waals surface area (Å²) in [5.41, 5.74) is 10.3. The summed E-state index contributed by atoms with van der Waals surface area (Å²) in [7, 11) is 1.86. The molecule has 3 N–H and O–H groups in total. The van der Waals surface area contributed by atoms with Gasteiger partial charge < -0.3 is 25.0 Å². The molecule has 3 aromatic carbocycles. The third-order valence-corrected chi connectivity index (χ3v) is 10.6. The molecule has 2 aromatic heterocycles. The van der Waals surface area contributed by atoms with Gasteiger partial charge in [0.1, 0.15) is 24.7 Å². The molecule has 2 aliphatic rings. The molecule has 2 aliphatic heterocycles. The summed E-state index contributed by atoms with van der Waals surface area (Å²) in [5, 5.41) is 23.6. The summed E-state index contributed by atoms with van der Waals surface area (Å²) in [6.07, 6.45) is 8.35. The van der Waals surface area contributed by atoms with Crippen molar-refractivity contribution in [3.05, 3.63) is 118 Å². The van der Waals surface area contributed by atoms with Crippen molar-refractivity contribution in [2.75, 3.05) is 38.5 Å². The Kier molecular flexibility index (Phi) is 11.5. The number of aliphatic hydroxyl groups is 2. The van der Waals surface area contributed by atoms with Gasteiger partial charge in [-0.15, -0.1) is 0 Å². The number of β-amino-alcohol motifs (C(OH)–C–C–N with tert-alkyl or cyclic N) is 2. The average Bonchev–Trinajstić information content (AvgIpc) is 3.78. The van der Waals surface area contributed by atoms with Gasteiger partial charge in [0, 0.05) is 99.4 Å². The number of pyridine rings is 1. The number of hydrogen-bond acceptors (Lipinski definition) is 10. The first kappa shape index (κ1) is 36.8. The standard InChI is InChI=1S/C42H47ClN6O4/c1-27-31(6-4-7-36(27)37-8-5-9-38(28(37)2)42-46-18-30(19-47-42)21-48-12-10-34(50)23-48)26-53-41-16-40(52-25-29-14-33(44-3)20-45-17-29)32(15-39(41)43)22-49-13-11-35(51)24-49/h4-9,14-20,34-35,44,50-51H,10-13,21-26H2,1-3H3/t34-,35-/m1/s1. The maximum absolute atomic E-state index is 10.1. The first-order chi connectivity index (χ1) is 25.7. The van der Waals surface area contributed by atoms with Crippen molar-refractivity contribution in [3.63, 3.8) is 0 Å². The van der Waals surface area contributed by atoms with Crippen molar-refractivity contribution < 1.29 is 19.7 Å². The monoisotopic (exact) mass is 734 g/mol. The molecule has 0 amide bonds. The Bertz CT molecular complexity index is 2040. The fraction of sp³-hybridized carbons (Fsp3) is 0.357. The lowest BCUT2D eigenvalue weighted by molar-refractivity contribution is 0.174. The smallest absolute Gasteiger partial charge is 0.159 e. The summed E-state index contributed by atoms with van der Waals surface area (Å²) in [6, 6.07) is 18.4. The van der Waals surface area contributed by atoms with Gasteiger partial charge in [-0.1, -0.05) is 48.0 Å². The van der Waals surface area contributed by atoms with E-state index in [1.807, 2.05) is 37.6 Å². The van der Waals surface area contributed by atoms with Crippen molar-refractivity contribution in [2.45, 2.75) is 65.2 Å². The number of anilines is 1. The number of nitrogens with zero attached hydrogens (tertiary/aromatic N) is 5. The van der Waals surface area contributed by atoms with Crippen molar-refractivity contribution in [1.29, 1.82) is 0 Å². The SMILES string of the molecule is CNc1cncc(COc2cc(OCc3cccc(-c4cccc(-c5ncc(CN6CC[C@@H](O)C6)cn5)c4C)c3C)c(Cl)cc2CN2CC[C@@H](O)C2)c1. The largest absolute Gasteiger partial charge is 0.488 e. The minimum Gasteiger partial charge on any atom is -0.488 e. The Balaban J connectivity index is 1.09. The first-order valence-corrected chi connectivity index (χ1v) is 18.6. The van der Waals surface area contributed by atoms with E-state index in [-0.39, 0.29) is 12.2 Å². The first-order valence-electron chi connectivity index (χ1n) is 18.2. The van der Waals surface area contributed by atoms with E-state index in [0.29, 0.717) is 55.2 Å². The van der Waals surface area contributed by atoms with Crippen LogP contribution in [0.3, 0.4) is 0 Å². The predicted molar refractivity (Wildman–Crippen MR) is 208 cm³/mol. The predicted octanol–water partition coefficient (Wildman–Crippen LogP) is 6.81. The zero-order chi connectivity index (χ0) is 36.9. The molecule has 0 unspecified atom stereocenters. The topological polar surface area (TPSA) is 116 Å². The van der Waals surface area contributed by atoms with Gasteiger partial charge in [-0.3, -0.25) is 14.8 Å². The number of nitrogens with one attached hydrogen (secondary N) is 1. The van der Waals surface area contributed by atoms with Gasteiger partial charge in [0.15, 0.2) is 5.82 Å². The highest BCUT2D eigenvalue weighted by Crippen LogP contribution is 2.37. The summed E-state index contributed by atoms with van der Waals surface area (Å²) in [6.45, 7) is 9.25. The minimum absolute atomic E-state index is 0.247. The molecule has 5 aromatic rings. The van der Waals surface area contributed by atoms with Crippen LogP contribution in [0, 0.1) is 13.8 Å². The highest BCUT2D eigenvalue weighted by Gasteiger charge is 2.23. The number of halogens is 1. The van der Waals surface area contributed by atoms with E-state index in [2.05, 4.69) is 70.3 Å². The van der Waals surface area contributed by atoms with E-state index in [1.54, 1.807) is 12.4 Å². The van der Waals surface area contributed by atoms with Gasteiger partial charge in [-0.2, -0.15) is 0 Å². The normalized spacial score (nSPS) is 17.7. The second-order valence-corrected chi connectivity index (χ2v) is 14.5. The molecule has 2 fully saturated rings. The lowest BCUT2D eigenvalue weighted by Gasteiger charge is -2.20. The van der Waals surface area contributed by atoms with E-state index in [0.717, 1.165) is 88.2 Å². The summed E-state index contributed by atoms with van der Waals surface area (Å²) in [4.78, 5) is 18.2. The van der Waals surface area contributed by atoms with Gasteiger partial charge in [-0.25, -0.2) is 9.97 Å². The maximum Gasteiger partial charge on any atom is 0.159 e. The molecule has 4 heterocycles. The second-order valence-electron chi connectivity index (χ2n) is 14.1. The Labute approximate surface area is 316 Å². The van der Waals surface area contributed by atoms with Crippen molar-refractivity contribution in [1.82, 2.24) is 24.8 Å². The molecule has 10 nitrogen and oxygen atoms in total. The zero-order valence-corrected chi connectivity index (χ0v) is 31.3. The summed E-state index contributed by atoms with van der Waals surface area (Å²) >= 11 is 6.87. The number of ether oxygens (including phenoxy) is 2. The van der Waals surface area contributed by atoms with Crippen LogP contribution >= 0.6 is 11.6 Å². The fourth-order valence-corrected chi connectivity index (χ4v) is 7.49. The number of likely N-dealkylation sites (tertiary alicyclic amines) is 2. The maximum atomic E-state index is 10.1. The van der Waals surface area contributed by atoms with Crippen LogP contribution in [-0.4, -0.2) is 80.4 Å². The number of hydrogen-bond donors (Lipinski definition) is 3. The number of benzene rings is 3. The van der Waals surface area contributed by atoms with Crippen molar-refractivity contribution >= 4 is 17.3 Å².